The normalized spacial score (nSPS) is 13.8. The minimum atomic E-state index is -0.535. The Kier molecular flexibility index (Phi) is 5.19. The predicted molar refractivity (Wildman–Crippen MR) is 89.9 cm³/mol. The molecule has 1 aliphatic heterocycles. The molecule has 0 spiro atoms. The molecule has 1 aromatic carbocycles. The molecular weight excluding hydrogens is 323 g/mol. The van der Waals surface area contributed by atoms with Gasteiger partial charge in [-0.05, 0) is 31.0 Å². The number of aliphatic imine (C=N–C) groups is 1. The van der Waals surface area contributed by atoms with E-state index in [1.165, 1.54) is 12.1 Å². The molecule has 0 saturated heterocycles. The summed E-state index contributed by atoms with van der Waals surface area (Å²) in [5, 5.41) is 12.9. The molecule has 6 nitrogen and oxygen atoms in total. The third-order valence-corrected chi connectivity index (χ3v) is 3.67. The fourth-order valence-corrected chi connectivity index (χ4v) is 2.42. The standard InChI is InChI=1S/C18H17FN4O2/c1-2-3-7-24-15-5-4-6-21-16(15)17-22-18(25-23-17)13-8-12(11-20)9-14(19)10-13/h6,8-10H,2-5,7H2,1H3. The molecule has 1 aliphatic rings. The number of allylic oxidation sites excluding steroid dienone is 1. The Balaban J connectivity index is 1.91. The van der Waals surface area contributed by atoms with Crippen molar-refractivity contribution < 1.29 is 13.7 Å². The van der Waals surface area contributed by atoms with Crippen LogP contribution >= 0.6 is 0 Å². The van der Waals surface area contributed by atoms with Crippen molar-refractivity contribution in [3.63, 3.8) is 0 Å². The van der Waals surface area contributed by atoms with Gasteiger partial charge in [0, 0.05) is 18.2 Å². The van der Waals surface area contributed by atoms with Crippen molar-refractivity contribution >= 4 is 11.9 Å². The first-order valence-corrected chi connectivity index (χ1v) is 8.15. The number of ether oxygens (including phenoxy) is 1. The van der Waals surface area contributed by atoms with E-state index in [4.69, 9.17) is 14.5 Å². The zero-order valence-corrected chi connectivity index (χ0v) is 13.8. The van der Waals surface area contributed by atoms with Gasteiger partial charge in [0.25, 0.3) is 5.89 Å². The van der Waals surface area contributed by atoms with E-state index in [-0.39, 0.29) is 11.5 Å². The summed E-state index contributed by atoms with van der Waals surface area (Å²) in [6.07, 6.45) is 5.31. The van der Waals surface area contributed by atoms with E-state index in [2.05, 4.69) is 22.1 Å². The Morgan fingerprint density at radius 3 is 3.04 bits per heavy atom. The van der Waals surface area contributed by atoms with Crippen LogP contribution in [-0.2, 0) is 4.74 Å². The molecule has 0 radical (unpaired) electrons. The second-order valence-corrected chi connectivity index (χ2v) is 5.59. The Morgan fingerprint density at radius 1 is 1.36 bits per heavy atom. The van der Waals surface area contributed by atoms with Gasteiger partial charge in [-0.3, -0.25) is 4.99 Å². The van der Waals surface area contributed by atoms with Gasteiger partial charge in [0.1, 0.15) is 17.3 Å². The molecule has 0 aliphatic carbocycles. The largest absolute Gasteiger partial charge is 0.496 e. The minimum absolute atomic E-state index is 0.132. The quantitative estimate of drug-likeness (QED) is 0.739. The average Bonchev–Trinajstić information content (AvgIpc) is 3.12. The number of rotatable bonds is 6. The van der Waals surface area contributed by atoms with Gasteiger partial charge in [-0.15, -0.1) is 0 Å². The van der Waals surface area contributed by atoms with E-state index < -0.39 is 5.82 Å². The van der Waals surface area contributed by atoms with E-state index in [1.807, 2.05) is 6.07 Å². The van der Waals surface area contributed by atoms with Crippen LogP contribution in [0.25, 0.3) is 17.2 Å². The van der Waals surface area contributed by atoms with Crippen molar-refractivity contribution in [2.24, 2.45) is 4.99 Å². The molecule has 0 bridgehead atoms. The molecule has 1 aromatic heterocycles. The van der Waals surface area contributed by atoms with Crippen LogP contribution in [0.4, 0.5) is 4.39 Å². The maximum atomic E-state index is 13.6. The van der Waals surface area contributed by atoms with Gasteiger partial charge in [0.2, 0.25) is 5.82 Å². The fraction of sp³-hybridized carbons (Fsp3) is 0.333. The van der Waals surface area contributed by atoms with Gasteiger partial charge in [-0.1, -0.05) is 18.5 Å². The number of nitriles is 1. The summed E-state index contributed by atoms with van der Waals surface area (Å²) in [5.41, 5.74) is 1.08. The molecule has 0 amide bonds. The van der Waals surface area contributed by atoms with Crippen LogP contribution in [0.3, 0.4) is 0 Å². The van der Waals surface area contributed by atoms with Crippen molar-refractivity contribution in [2.75, 3.05) is 6.61 Å². The topological polar surface area (TPSA) is 84.3 Å². The number of halogens is 1. The number of aromatic nitrogens is 2. The van der Waals surface area contributed by atoms with Crippen LogP contribution in [0.5, 0.6) is 0 Å². The lowest BCUT2D eigenvalue weighted by molar-refractivity contribution is 0.199. The molecule has 2 heterocycles. The lowest BCUT2D eigenvalue weighted by Crippen LogP contribution is -2.04. The van der Waals surface area contributed by atoms with Gasteiger partial charge in [0.05, 0.1) is 18.2 Å². The van der Waals surface area contributed by atoms with Crippen molar-refractivity contribution in [1.29, 1.82) is 5.26 Å². The Labute approximate surface area is 144 Å². The van der Waals surface area contributed by atoms with E-state index in [0.29, 0.717) is 23.7 Å². The first-order valence-electron chi connectivity index (χ1n) is 8.15. The molecule has 0 fully saturated rings. The van der Waals surface area contributed by atoms with Crippen LogP contribution in [0, 0.1) is 17.1 Å². The third kappa shape index (κ3) is 3.91. The molecule has 128 valence electrons. The van der Waals surface area contributed by atoms with Crippen molar-refractivity contribution in [2.45, 2.75) is 32.6 Å². The molecule has 7 heteroatoms. The van der Waals surface area contributed by atoms with Crippen molar-refractivity contribution in [3.05, 3.63) is 41.2 Å². The summed E-state index contributed by atoms with van der Waals surface area (Å²) in [6.45, 7) is 2.71. The van der Waals surface area contributed by atoms with Gasteiger partial charge in [-0.25, -0.2) is 4.39 Å². The Morgan fingerprint density at radius 2 is 2.24 bits per heavy atom. The van der Waals surface area contributed by atoms with Crippen LogP contribution in [0.2, 0.25) is 0 Å². The smallest absolute Gasteiger partial charge is 0.258 e. The lowest BCUT2D eigenvalue weighted by Gasteiger charge is -2.14. The van der Waals surface area contributed by atoms with Gasteiger partial charge < -0.3 is 9.26 Å². The summed E-state index contributed by atoms with van der Waals surface area (Å²) in [7, 11) is 0. The van der Waals surface area contributed by atoms with Gasteiger partial charge in [0.15, 0.2) is 0 Å². The number of nitrogens with zero attached hydrogens (tertiary/aromatic N) is 4. The Bertz CT molecular complexity index is 864. The first kappa shape index (κ1) is 16.8. The van der Waals surface area contributed by atoms with Gasteiger partial charge >= 0.3 is 0 Å². The maximum absolute atomic E-state index is 13.6. The highest BCUT2D eigenvalue weighted by molar-refractivity contribution is 5.75. The number of benzene rings is 1. The highest BCUT2D eigenvalue weighted by atomic mass is 19.1. The summed E-state index contributed by atoms with van der Waals surface area (Å²) in [4.78, 5) is 8.63. The molecule has 3 rings (SSSR count). The number of hydrogen-bond acceptors (Lipinski definition) is 6. The average molecular weight is 340 g/mol. The molecule has 0 saturated carbocycles. The van der Waals surface area contributed by atoms with E-state index in [1.54, 1.807) is 6.21 Å². The highest BCUT2D eigenvalue weighted by Gasteiger charge is 2.20. The SMILES string of the molecule is CCCCOC1=C(c2noc(-c3cc(F)cc(C#N)c3)n2)N=CCC1. The maximum Gasteiger partial charge on any atom is 0.258 e. The minimum Gasteiger partial charge on any atom is -0.496 e. The van der Waals surface area contributed by atoms with Crippen LogP contribution in [0.1, 0.15) is 44.0 Å². The molecular formula is C18H17FN4O2. The molecule has 25 heavy (non-hydrogen) atoms. The number of hydrogen-bond donors (Lipinski definition) is 0. The fourth-order valence-electron chi connectivity index (χ4n) is 2.42. The summed E-state index contributed by atoms with van der Waals surface area (Å²) < 4.78 is 24.6. The zero-order chi connectivity index (χ0) is 17.6. The zero-order valence-electron chi connectivity index (χ0n) is 13.8. The van der Waals surface area contributed by atoms with Crippen LogP contribution < -0.4 is 0 Å². The van der Waals surface area contributed by atoms with Crippen LogP contribution in [-0.4, -0.2) is 23.0 Å². The summed E-state index contributed by atoms with van der Waals surface area (Å²) in [6, 6.07) is 5.79. The third-order valence-electron chi connectivity index (χ3n) is 3.67. The second-order valence-electron chi connectivity index (χ2n) is 5.59. The molecule has 0 N–H and O–H groups in total. The van der Waals surface area contributed by atoms with Crippen molar-refractivity contribution in [3.8, 4) is 17.5 Å². The second kappa shape index (κ2) is 7.71. The van der Waals surface area contributed by atoms with Crippen molar-refractivity contribution in [1.82, 2.24) is 10.1 Å². The molecule has 0 atom stereocenters. The predicted octanol–water partition coefficient (Wildman–Crippen LogP) is 4.10. The van der Waals surface area contributed by atoms with Gasteiger partial charge in [-0.2, -0.15) is 10.2 Å². The van der Waals surface area contributed by atoms with E-state index in [9.17, 15) is 4.39 Å². The lowest BCUT2D eigenvalue weighted by atomic mass is 10.1. The summed E-state index contributed by atoms with van der Waals surface area (Å²) in [5.74, 6) is 0.625. The first-order chi connectivity index (χ1) is 12.2. The monoisotopic (exact) mass is 340 g/mol. The Hall–Kier alpha value is -3.01. The van der Waals surface area contributed by atoms with E-state index in [0.717, 1.165) is 37.5 Å². The highest BCUT2D eigenvalue weighted by Crippen LogP contribution is 2.28. The summed E-state index contributed by atoms with van der Waals surface area (Å²) >= 11 is 0. The molecule has 2 aromatic rings. The molecule has 0 unspecified atom stereocenters. The van der Waals surface area contributed by atoms with E-state index >= 15 is 0 Å². The van der Waals surface area contributed by atoms with Crippen LogP contribution in [0.15, 0.2) is 33.5 Å². The number of unbranched alkanes of at least 4 members (excludes halogenated alkanes) is 1.